The maximum atomic E-state index is 5.98. The van der Waals surface area contributed by atoms with Crippen molar-refractivity contribution < 1.29 is 4.52 Å². The minimum atomic E-state index is 0.408. The molecule has 3 rings (SSSR count). The van der Waals surface area contributed by atoms with E-state index in [-0.39, 0.29) is 0 Å². The Kier molecular flexibility index (Phi) is 3.55. The third kappa shape index (κ3) is 2.39. The minimum absolute atomic E-state index is 0.408. The van der Waals surface area contributed by atoms with Crippen LogP contribution in [0.15, 0.2) is 4.52 Å². The Labute approximate surface area is 115 Å². The van der Waals surface area contributed by atoms with Gasteiger partial charge in [-0.25, -0.2) is 0 Å². The second-order valence-corrected chi connectivity index (χ2v) is 6.82. The molecule has 19 heavy (non-hydrogen) atoms. The molecule has 2 aliphatic carbocycles. The lowest BCUT2D eigenvalue weighted by atomic mass is 9.66. The average Bonchev–Trinajstić information content (AvgIpc) is 2.80. The van der Waals surface area contributed by atoms with Crippen molar-refractivity contribution in [3.8, 4) is 0 Å². The summed E-state index contributed by atoms with van der Waals surface area (Å²) in [5.41, 5.74) is 7.14. The average molecular weight is 262 g/mol. The molecule has 1 aromatic rings. The van der Waals surface area contributed by atoms with Crippen LogP contribution in [0.2, 0.25) is 0 Å². The van der Waals surface area contributed by atoms with Gasteiger partial charge in [-0.2, -0.15) is 0 Å². The van der Waals surface area contributed by atoms with E-state index in [0.717, 1.165) is 17.6 Å². The molecule has 2 saturated carbocycles. The van der Waals surface area contributed by atoms with Gasteiger partial charge in [-0.3, -0.25) is 0 Å². The molecule has 1 aromatic heterocycles. The van der Waals surface area contributed by atoms with Gasteiger partial charge in [-0.1, -0.05) is 44.7 Å². The van der Waals surface area contributed by atoms with Crippen LogP contribution in [0.3, 0.4) is 0 Å². The van der Waals surface area contributed by atoms with Crippen LogP contribution in [-0.2, 0) is 0 Å². The molecule has 2 aliphatic rings. The molecule has 0 radical (unpaired) electrons. The summed E-state index contributed by atoms with van der Waals surface area (Å²) in [6.07, 6.45) is 9.65. The number of aromatic nitrogens is 1. The monoisotopic (exact) mass is 262 g/mol. The maximum absolute atomic E-state index is 5.98. The molecule has 3 unspecified atom stereocenters. The molecular formula is C16H26N2O. The van der Waals surface area contributed by atoms with E-state index in [1.165, 1.54) is 50.5 Å². The number of nitrogens with zero attached hydrogens (tertiary/aromatic N) is 1. The molecule has 0 aromatic carbocycles. The molecule has 1 heterocycles. The van der Waals surface area contributed by atoms with Gasteiger partial charge in [0.1, 0.15) is 5.76 Å². The number of rotatable bonds is 2. The van der Waals surface area contributed by atoms with Gasteiger partial charge in [0.05, 0.1) is 0 Å². The Hall–Kier alpha value is -0.990. The first-order valence-electron chi connectivity index (χ1n) is 7.91. The van der Waals surface area contributed by atoms with Gasteiger partial charge in [0.25, 0.3) is 0 Å². The summed E-state index contributed by atoms with van der Waals surface area (Å²) in [6, 6.07) is 0. The van der Waals surface area contributed by atoms with Crippen LogP contribution < -0.4 is 5.73 Å². The standard InChI is InChI=1S/C16H26N2O/c1-10(2)14-15(19-18-16(14)17)13-8-7-11-5-3-4-6-12(11)9-13/h10-13H,3-9H2,1-2H3,(H2,17,18). The van der Waals surface area contributed by atoms with Crippen LogP contribution in [0.1, 0.15) is 82.0 Å². The van der Waals surface area contributed by atoms with Crippen LogP contribution in [0.25, 0.3) is 0 Å². The Bertz CT molecular complexity index is 438. The molecule has 3 nitrogen and oxygen atoms in total. The first-order chi connectivity index (χ1) is 9.16. The highest BCUT2D eigenvalue weighted by molar-refractivity contribution is 5.44. The van der Waals surface area contributed by atoms with E-state index in [1.54, 1.807) is 0 Å². The summed E-state index contributed by atoms with van der Waals surface area (Å²) in [5.74, 6) is 4.56. The number of hydrogen-bond acceptors (Lipinski definition) is 3. The smallest absolute Gasteiger partial charge is 0.170 e. The van der Waals surface area contributed by atoms with Crippen molar-refractivity contribution in [2.24, 2.45) is 11.8 Å². The van der Waals surface area contributed by atoms with Crippen molar-refractivity contribution in [2.75, 3.05) is 5.73 Å². The third-order valence-corrected chi connectivity index (χ3v) is 5.27. The summed E-state index contributed by atoms with van der Waals surface area (Å²) < 4.78 is 5.60. The normalized spacial score (nSPS) is 31.4. The van der Waals surface area contributed by atoms with Crippen molar-refractivity contribution in [3.63, 3.8) is 0 Å². The van der Waals surface area contributed by atoms with Crippen molar-refractivity contribution in [3.05, 3.63) is 11.3 Å². The number of hydrogen-bond donors (Lipinski definition) is 1. The van der Waals surface area contributed by atoms with Crippen molar-refractivity contribution in [1.82, 2.24) is 5.16 Å². The Morgan fingerprint density at radius 2 is 1.84 bits per heavy atom. The van der Waals surface area contributed by atoms with Crippen LogP contribution in [0, 0.1) is 11.8 Å². The Morgan fingerprint density at radius 3 is 2.58 bits per heavy atom. The molecule has 2 fully saturated rings. The Balaban J connectivity index is 1.79. The van der Waals surface area contributed by atoms with Gasteiger partial charge >= 0.3 is 0 Å². The fraction of sp³-hybridized carbons (Fsp3) is 0.812. The van der Waals surface area contributed by atoms with Crippen LogP contribution in [0.4, 0.5) is 5.82 Å². The fourth-order valence-electron chi connectivity index (χ4n) is 4.31. The first-order valence-corrected chi connectivity index (χ1v) is 7.91. The topological polar surface area (TPSA) is 52.0 Å². The predicted molar refractivity (Wildman–Crippen MR) is 77.0 cm³/mol. The molecule has 106 valence electrons. The van der Waals surface area contributed by atoms with Gasteiger partial charge in [0.15, 0.2) is 5.82 Å². The molecule has 2 N–H and O–H groups in total. The van der Waals surface area contributed by atoms with E-state index in [1.807, 2.05) is 0 Å². The molecule has 0 spiro atoms. The lowest BCUT2D eigenvalue weighted by molar-refractivity contribution is 0.144. The summed E-state index contributed by atoms with van der Waals surface area (Å²) in [6.45, 7) is 4.36. The van der Waals surface area contributed by atoms with Gasteiger partial charge in [0.2, 0.25) is 0 Å². The molecule has 3 heteroatoms. The van der Waals surface area contributed by atoms with Crippen LogP contribution in [-0.4, -0.2) is 5.16 Å². The largest absolute Gasteiger partial charge is 0.381 e. The highest BCUT2D eigenvalue weighted by atomic mass is 16.5. The Morgan fingerprint density at radius 1 is 1.11 bits per heavy atom. The molecule has 0 aliphatic heterocycles. The van der Waals surface area contributed by atoms with Gasteiger partial charge in [-0.15, -0.1) is 0 Å². The lowest BCUT2D eigenvalue weighted by Crippen LogP contribution is -2.27. The summed E-state index contributed by atoms with van der Waals surface area (Å²) >= 11 is 0. The van der Waals surface area contributed by atoms with E-state index in [9.17, 15) is 0 Å². The zero-order valence-corrected chi connectivity index (χ0v) is 12.2. The highest BCUT2D eigenvalue weighted by Gasteiger charge is 2.36. The summed E-state index contributed by atoms with van der Waals surface area (Å²) in [7, 11) is 0. The van der Waals surface area contributed by atoms with Crippen molar-refractivity contribution in [2.45, 2.75) is 70.6 Å². The van der Waals surface area contributed by atoms with Gasteiger partial charge in [0, 0.05) is 11.5 Å². The highest BCUT2D eigenvalue weighted by Crippen LogP contribution is 2.47. The van der Waals surface area contributed by atoms with Gasteiger partial charge in [-0.05, 0) is 37.0 Å². The molecule has 0 bridgehead atoms. The van der Waals surface area contributed by atoms with Crippen molar-refractivity contribution >= 4 is 5.82 Å². The van der Waals surface area contributed by atoms with E-state index in [2.05, 4.69) is 19.0 Å². The summed E-state index contributed by atoms with van der Waals surface area (Å²) in [4.78, 5) is 0. The van der Waals surface area contributed by atoms with E-state index >= 15 is 0 Å². The number of fused-ring (bicyclic) bond motifs is 1. The fourth-order valence-corrected chi connectivity index (χ4v) is 4.31. The maximum Gasteiger partial charge on any atom is 0.170 e. The lowest BCUT2D eigenvalue weighted by Gasteiger charge is -2.38. The molecule has 3 atom stereocenters. The zero-order chi connectivity index (χ0) is 13.4. The summed E-state index contributed by atoms with van der Waals surface area (Å²) in [5, 5.41) is 4.02. The van der Waals surface area contributed by atoms with E-state index in [0.29, 0.717) is 17.7 Å². The predicted octanol–water partition coefficient (Wildman–Crippen LogP) is 4.45. The van der Waals surface area contributed by atoms with Crippen LogP contribution >= 0.6 is 0 Å². The second kappa shape index (κ2) is 5.18. The third-order valence-electron chi connectivity index (χ3n) is 5.27. The number of nitrogen functional groups attached to an aromatic ring is 1. The quantitative estimate of drug-likeness (QED) is 0.856. The number of nitrogens with two attached hydrogens (primary N) is 1. The molecular weight excluding hydrogens is 236 g/mol. The molecule has 0 saturated heterocycles. The SMILES string of the molecule is CC(C)c1c(N)noc1C1CCC2CCCCC2C1. The number of anilines is 1. The van der Waals surface area contributed by atoms with E-state index in [4.69, 9.17) is 10.3 Å². The van der Waals surface area contributed by atoms with Crippen LogP contribution in [0.5, 0.6) is 0 Å². The van der Waals surface area contributed by atoms with Crippen molar-refractivity contribution in [1.29, 1.82) is 0 Å². The van der Waals surface area contributed by atoms with E-state index < -0.39 is 0 Å². The first kappa shape index (κ1) is 13.0. The van der Waals surface area contributed by atoms with Gasteiger partial charge < -0.3 is 10.3 Å². The minimum Gasteiger partial charge on any atom is -0.381 e. The molecule has 0 amide bonds. The second-order valence-electron chi connectivity index (χ2n) is 6.82. The zero-order valence-electron chi connectivity index (χ0n) is 12.2.